The standard InChI is InChI=1S/C12H16F2N2O2S2/c13-10-4-8(6-15)5-11(12(10)14)20(17,18)16-7-9-2-1-3-19-9/h4-5,9,16H,1-3,6-7,15H2. The van der Waals surface area contributed by atoms with Crippen LogP contribution in [0.5, 0.6) is 0 Å². The Bertz CT molecular complexity index is 587. The van der Waals surface area contributed by atoms with Crippen LogP contribution < -0.4 is 10.5 Å². The first-order valence-electron chi connectivity index (χ1n) is 6.23. The van der Waals surface area contributed by atoms with Gasteiger partial charge in [-0.1, -0.05) is 0 Å². The summed E-state index contributed by atoms with van der Waals surface area (Å²) in [5, 5.41) is 0.190. The van der Waals surface area contributed by atoms with Crippen LogP contribution in [-0.4, -0.2) is 26.0 Å². The molecule has 0 bridgehead atoms. The number of rotatable bonds is 5. The van der Waals surface area contributed by atoms with Crippen LogP contribution in [0.25, 0.3) is 0 Å². The molecule has 112 valence electrons. The minimum absolute atomic E-state index is 0.0573. The second-order valence-corrected chi connectivity index (χ2v) is 7.72. The molecule has 1 aromatic rings. The van der Waals surface area contributed by atoms with Gasteiger partial charge in [-0.2, -0.15) is 11.8 Å². The van der Waals surface area contributed by atoms with Gasteiger partial charge in [0.1, 0.15) is 4.90 Å². The Morgan fingerprint density at radius 3 is 2.75 bits per heavy atom. The molecule has 20 heavy (non-hydrogen) atoms. The van der Waals surface area contributed by atoms with E-state index in [1.165, 1.54) is 0 Å². The van der Waals surface area contributed by atoms with Crippen molar-refractivity contribution >= 4 is 21.8 Å². The molecule has 1 aliphatic rings. The van der Waals surface area contributed by atoms with E-state index in [1.54, 1.807) is 11.8 Å². The van der Waals surface area contributed by atoms with Crippen LogP contribution in [0.15, 0.2) is 17.0 Å². The Labute approximate surface area is 121 Å². The van der Waals surface area contributed by atoms with Crippen LogP contribution in [0.4, 0.5) is 8.78 Å². The Morgan fingerprint density at radius 2 is 2.15 bits per heavy atom. The lowest BCUT2D eigenvalue weighted by atomic mass is 10.2. The summed E-state index contributed by atoms with van der Waals surface area (Å²) in [5.74, 6) is -1.57. The zero-order valence-electron chi connectivity index (χ0n) is 10.7. The van der Waals surface area contributed by atoms with Gasteiger partial charge in [-0.05, 0) is 36.3 Å². The fourth-order valence-electron chi connectivity index (χ4n) is 2.02. The van der Waals surface area contributed by atoms with E-state index in [9.17, 15) is 17.2 Å². The van der Waals surface area contributed by atoms with Crippen molar-refractivity contribution < 1.29 is 17.2 Å². The van der Waals surface area contributed by atoms with Crippen molar-refractivity contribution in [2.75, 3.05) is 12.3 Å². The molecule has 0 aromatic heterocycles. The molecule has 0 amide bonds. The van der Waals surface area contributed by atoms with Crippen molar-refractivity contribution in [3.05, 3.63) is 29.3 Å². The molecule has 1 unspecified atom stereocenters. The molecule has 1 aliphatic heterocycles. The predicted octanol–water partition coefficient (Wildman–Crippen LogP) is 1.60. The van der Waals surface area contributed by atoms with Crippen LogP contribution in [0.3, 0.4) is 0 Å². The lowest BCUT2D eigenvalue weighted by Gasteiger charge is -2.12. The zero-order valence-corrected chi connectivity index (χ0v) is 12.4. The number of halogens is 2. The van der Waals surface area contributed by atoms with Crippen LogP contribution >= 0.6 is 11.8 Å². The Hall–Kier alpha value is -0.700. The van der Waals surface area contributed by atoms with Crippen molar-refractivity contribution in [2.24, 2.45) is 5.73 Å². The van der Waals surface area contributed by atoms with Crippen molar-refractivity contribution in [2.45, 2.75) is 29.5 Å². The van der Waals surface area contributed by atoms with Gasteiger partial charge in [-0.15, -0.1) is 0 Å². The van der Waals surface area contributed by atoms with Crippen molar-refractivity contribution in [3.8, 4) is 0 Å². The SMILES string of the molecule is NCc1cc(F)c(F)c(S(=O)(=O)NCC2CCCS2)c1. The summed E-state index contributed by atoms with van der Waals surface area (Å²) < 4.78 is 53.5. The molecule has 0 spiro atoms. The van der Waals surface area contributed by atoms with Crippen LogP contribution in [0.1, 0.15) is 18.4 Å². The maximum Gasteiger partial charge on any atom is 0.243 e. The third-order valence-electron chi connectivity index (χ3n) is 3.10. The first-order valence-corrected chi connectivity index (χ1v) is 8.76. The molecule has 1 heterocycles. The third-order valence-corrected chi connectivity index (χ3v) is 5.93. The smallest absolute Gasteiger partial charge is 0.243 e. The topological polar surface area (TPSA) is 72.2 Å². The Morgan fingerprint density at radius 1 is 1.40 bits per heavy atom. The maximum absolute atomic E-state index is 13.7. The molecule has 1 saturated heterocycles. The molecule has 1 atom stereocenters. The first kappa shape index (κ1) is 15.7. The van der Waals surface area contributed by atoms with Crippen LogP contribution in [0, 0.1) is 11.6 Å². The molecular weight excluding hydrogens is 306 g/mol. The van der Waals surface area contributed by atoms with Gasteiger partial charge in [-0.3, -0.25) is 0 Å². The van der Waals surface area contributed by atoms with E-state index in [4.69, 9.17) is 5.73 Å². The van der Waals surface area contributed by atoms with Crippen molar-refractivity contribution in [1.29, 1.82) is 0 Å². The van der Waals surface area contributed by atoms with Gasteiger partial charge in [0.25, 0.3) is 0 Å². The molecule has 2 rings (SSSR count). The van der Waals surface area contributed by atoms with E-state index in [2.05, 4.69) is 4.72 Å². The second-order valence-electron chi connectivity index (χ2n) is 4.58. The number of thioether (sulfide) groups is 1. The third kappa shape index (κ3) is 3.49. The summed E-state index contributed by atoms with van der Waals surface area (Å²) in [5.41, 5.74) is 5.58. The van der Waals surface area contributed by atoms with Gasteiger partial charge in [-0.25, -0.2) is 21.9 Å². The van der Waals surface area contributed by atoms with E-state index in [-0.39, 0.29) is 23.9 Å². The predicted molar refractivity (Wildman–Crippen MR) is 74.9 cm³/mol. The van der Waals surface area contributed by atoms with E-state index in [0.29, 0.717) is 0 Å². The largest absolute Gasteiger partial charge is 0.326 e. The highest BCUT2D eigenvalue weighted by atomic mass is 32.2. The molecule has 4 nitrogen and oxygen atoms in total. The number of nitrogens with two attached hydrogens (primary N) is 1. The molecule has 8 heteroatoms. The lowest BCUT2D eigenvalue weighted by molar-refractivity contribution is 0.481. The summed E-state index contributed by atoms with van der Waals surface area (Å²) in [7, 11) is -4.07. The molecule has 1 aromatic carbocycles. The van der Waals surface area contributed by atoms with Gasteiger partial charge in [0.15, 0.2) is 11.6 Å². The average Bonchev–Trinajstić information content (AvgIpc) is 2.92. The molecule has 3 N–H and O–H groups in total. The number of benzene rings is 1. The number of nitrogens with one attached hydrogen (secondary N) is 1. The molecule has 0 aliphatic carbocycles. The minimum Gasteiger partial charge on any atom is -0.326 e. The average molecular weight is 322 g/mol. The number of hydrogen-bond donors (Lipinski definition) is 2. The molecule has 1 fully saturated rings. The van der Waals surface area contributed by atoms with E-state index >= 15 is 0 Å². The first-order chi connectivity index (χ1) is 9.44. The summed E-state index contributed by atoms with van der Waals surface area (Å²) in [6.07, 6.45) is 1.97. The van der Waals surface area contributed by atoms with Crippen LogP contribution in [-0.2, 0) is 16.6 Å². The zero-order chi connectivity index (χ0) is 14.8. The fraction of sp³-hybridized carbons (Fsp3) is 0.500. The summed E-state index contributed by atoms with van der Waals surface area (Å²) >= 11 is 1.68. The highest BCUT2D eigenvalue weighted by Gasteiger charge is 2.25. The lowest BCUT2D eigenvalue weighted by Crippen LogP contribution is -2.30. The van der Waals surface area contributed by atoms with E-state index in [1.807, 2.05) is 0 Å². The fourth-order valence-corrected chi connectivity index (χ4v) is 4.54. The number of sulfonamides is 1. The molecule has 0 radical (unpaired) electrons. The summed E-state index contributed by atoms with van der Waals surface area (Å²) in [4.78, 5) is -0.680. The second kappa shape index (κ2) is 6.38. The van der Waals surface area contributed by atoms with Gasteiger partial charge in [0.2, 0.25) is 10.0 Å². The molecular formula is C12H16F2N2O2S2. The van der Waals surface area contributed by atoms with Crippen molar-refractivity contribution in [3.63, 3.8) is 0 Å². The highest BCUT2D eigenvalue weighted by Crippen LogP contribution is 2.26. The van der Waals surface area contributed by atoms with Crippen molar-refractivity contribution in [1.82, 2.24) is 4.72 Å². The number of hydrogen-bond acceptors (Lipinski definition) is 4. The monoisotopic (exact) mass is 322 g/mol. The van der Waals surface area contributed by atoms with E-state index in [0.717, 1.165) is 30.7 Å². The highest BCUT2D eigenvalue weighted by molar-refractivity contribution is 8.00. The normalized spacial score (nSPS) is 19.4. The van der Waals surface area contributed by atoms with Gasteiger partial charge in [0, 0.05) is 18.3 Å². The summed E-state index contributed by atoms with van der Waals surface area (Å²) in [6.45, 7) is 0.166. The Balaban J connectivity index is 2.21. The van der Waals surface area contributed by atoms with Gasteiger partial charge < -0.3 is 5.73 Å². The van der Waals surface area contributed by atoms with Gasteiger partial charge >= 0.3 is 0 Å². The maximum atomic E-state index is 13.7. The Kier molecular flexibility index (Phi) is 5.00. The minimum atomic E-state index is -4.07. The van der Waals surface area contributed by atoms with Gasteiger partial charge in [0.05, 0.1) is 0 Å². The summed E-state index contributed by atoms with van der Waals surface area (Å²) in [6, 6.07) is 1.98. The quantitative estimate of drug-likeness (QED) is 0.864. The van der Waals surface area contributed by atoms with Crippen LogP contribution in [0.2, 0.25) is 0 Å². The van der Waals surface area contributed by atoms with E-state index < -0.39 is 26.6 Å². The molecule has 0 saturated carbocycles.